The fourth-order valence-electron chi connectivity index (χ4n) is 2.91. The van der Waals surface area contributed by atoms with Crippen LogP contribution in [0.5, 0.6) is 0 Å². The van der Waals surface area contributed by atoms with E-state index in [2.05, 4.69) is 6.08 Å². The van der Waals surface area contributed by atoms with Gasteiger partial charge in [0.1, 0.15) is 0 Å². The Labute approximate surface area is 144 Å². The number of carbonyl (C=O) groups excluding carboxylic acids is 1. The summed E-state index contributed by atoms with van der Waals surface area (Å²) in [5, 5.41) is 32.5. The first kappa shape index (κ1) is 20.4. The second-order valence-corrected chi connectivity index (χ2v) is 6.63. The fraction of sp³-hybridized carbons (Fsp3) is 0.550. The highest BCUT2D eigenvalue weighted by Gasteiger charge is 2.41. The first-order valence-corrected chi connectivity index (χ1v) is 8.58. The molecular formula is C20H29O4-. The molecule has 0 spiro atoms. The van der Waals surface area contributed by atoms with Crippen molar-refractivity contribution in [2.24, 2.45) is 0 Å². The summed E-state index contributed by atoms with van der Waals surface area (Å²) in [6.45, 7) is 7.56. The molecule has 134 valence electrons. The summed E-state index contributed by atoms with van der Waals surface area (Å²) in [4.78, 5) is 12.0. The van der Waals surface area contributed by atoms with Crippen LogP contribution in [0.2, 0.25) is 0 Å². The van der Waals surface area contributed by atoms with Gasteiger partial charge >= 0.3 is 0 Å². The van der Waals surface area contributed by atoms with E-state index in [4.69, 9.17) is 0 Å². The number of hydrogen-bond acceptors (Lipinski definition) is 4. The van der Waals surface area contributed by atoms with Crippen LogP contribution in [-0.4, -0.2) is 28.4 Å². The van der Waals surface area contributed by atoms with E-state index in [1.54, 1.807) is 26.0 Å². The van der Waals surface area contributed by atoms with Gasteiger partial charge in [-0.3, -0.25) is 0 Å². The standard InChI is InChI=1S/C20H30O4/c1-5-17(21)13-20(19(23)24,18(22)6-2)16-11-9-15(10-12-16)8-7-14(3)4/h7,9-12,17-18,21-22H,5-6,8,13H2,1-4H3,(H,23,24)/p-1. The van der Waals surface area contributed by atoms with E-state index in [-0.39, 0.29) is 12.8 Å². The van der Waals surface area contributed by atoms with Crippen LogP contribution in [0.25, 0.3) is 0 Å². The van der Waals surface area contributed by atoms with Crippen LogP contribution < -0.4 is 5.11 Å². The van der Waals surface area contributed by atoms with Crippen LogP contribution in [0.1, 0.15) is 58.1 Å². The number of aliphatic carboxylic acids is 1. The summed E-state index contributed by atoms with van der Waals surface area (Å²) in [7, 11) is 0. The average molecular weight is 333 g/mol. The third kappa shape index (κ3) is 4.68. The summed E-state index contributed by atoms with van der Waals surface area (Å²) < 4.78 is 0. The zero-order valence-electron chi connectivity index (χ0n) is 15.1. The molecule has 0 bridgehead atoms. The van der Waals surface area contributed by atoms with Crippen molar-refractivity contribution in [1.82, 2.24) is 0 Å². The summed E-state index contributed by atoms with van der Waals surface area (Å²) in [5.41, 5.74) is 1.16. The molecule has 3 unspecified atom stereocenters. The van der Waals surface area contributed by atoms with Crippen molar-refractivity contribution in [2.45, 2.75) is 71.0 Å². The normalized spacial score (nSPS) is 16.1. The van der Waals surface area contributed by atoms with Gasteiger partial charge in [0.2, 0.25) is 0 Å². The van der Waals surface area contributed by atoms with Crippen molar-refractivity contribution < 1.29 is 20.1 Å². The molecule has 0 saturated carbocycles. The summed E-state index contributed by atoms with van der Waals surface area (Å²) in [5.74, 6) is -1.35. The number of carbonyl (C=O) groups is 1. The van der Waals surface area contributed by atoms with Gasteiger partial charge in [0.05, 0.1) is 23.6 Å². The van der Waals surface area contributed by atoms with Crippen molar-refractivity contribution in [1.29, 1.82) is 0 Å². The van der Waals surface area contributed by atoms with Crippen molar-refractivity contribution in [3.05, 3.63) is 47.0 Å². The Morgan fingerprint density at radius 3 is 2.17 bits per heavy atom. The number of hydrogen-bond donors (Lipinski definition) is 2. The van der Waals surface area contributed by atoms with Gasteiger partial charge in [-0.1, -0.05) is 49.8 Å². The molecule has 2 N–H and O–H groups in total. The van der Waals surface area contributed by atoms with Gasteiger partial charge in [0.15, 0.2) is 0 Å². The lowest BCUT2D eigenvalue weighted by Crippen LogP contribution is -2.55. The van der Waals surface area contributed by atoms with E-state index < -0.39 is 23.6 Å². The van der Waals surface area contributed by atoms with Crippen LogP contribution >= 0.6 is 0 Å². The van der Waals surface area contributed by atoms with E-state index in [0.29, 0.717) is 12.0 Å². The molecule has 0 amide bonds. The lowest BCUT2D eigenvalue weighted by molar-refractivity contribution is -0.318. The van der Waals surface area contributed by atoms with Gasteiger partial charge in [-0.15, -0.1) is 0 Å². The van der Waals surface area contributed by atoms with Gasteiger partial charge in [0.25, 0.3) is 0 Å². The topological polar surface area (TPSA) is 80.6 Å². The summed E-state index contributed by atoms with van der Waals surface area (Å²) in [6.07, 6.45) is 1.57. The van der Waals surface area contributed by atoms with E-state index in [1.807, 2.05) is 26.0 Å². The minimum atomic E-state index is -1.60. The molecule has 4 nitrogen and oxygen atoms in total. The quantitative estimate of drug-likeness (QED) is 0.678. The number of aliphatic hydroxyl groups is 2. The first-order valence-electron chi connectivity index (χ1n) is 8.58. The van der Waals surface area contributed by atoms with Gasteiger partial charge in [-0.25, -0.2) is 0 Å². The van der Waals surface area contributed by atoms with Crippen LogP contribution in [0, 0.1) is 0 Å². The molecule has 0 aliphatic carbocycles. The molecule has 0 aliphatic rings. The second-order valence-electron chi connectivity index (χ2n) is 6.63. The Bertz CT molecular complexity index is 558. The third-order valence-corrected chi connectivity index (χ3v) is 4.56. The predicted molar refractivity (Wildman–Crippen MR) is 93.5 cm³/mol. The highest BCUT2D eigenvalue weighted by molar-refractivity contribution is 5.80. The zero-order chi connectivity index (χ0) is 18.3. The maximum Gasteiger partial charge on any atom is 0.0687 e. The van der Waals surface area contributed by atoms with E-state index in [9.17, 15) is 20.1 Å². The Balaban J connectivity index is 3.27. The third-order valence-electron chi connectivity index (χ3n) is 4.56. The molecule has 3 atom stereocenters. The molecular weight excluding hydrogens is 304 g/mol. The predicted octanol–water partition coefficient (Wildman–Crippen LogP) is 2.11. The highest BCUT2D eigenvalue weighted by Crippen LogP contribution is 2.35. The molecule has 0 aromatic heterocycles. The zero-order valence-corrected chi connectivity index (χ0v) is 15.1. The Morgan fingerprint density at radius 2 is 1.75 bits per heavy atom. The molecule has 0 heterocycles. The van der Waals surface area contributed by atoms with E-state index in [1.165, 1.54) is 5.57 Å². The molecule has 1 aromatic carbocycles. The second kappa shape index (κ2) is 9.00. The van der Waals surface area contributed by atoms with Crippen molar-refractivity contribution in [2.75, 3.05) is 0 Å². The molecule has 1 aromatic rings. The van der Waals surface area contributed by atoms with Crippen molar-refractivity contribution >= 4 is 5.97 Å². The molecule has 0 aliphatic heterocycles. The SMILES string of the molecule is CCC(O)CC(C(=O)[O-])(c1ccc(CC=C(C)C)cc1)C(O)CC. The lowest BCUT2D eigenvalue weighted by Gasteiger charge is -2.40. The number of carboxylic acid groups (broad SMARTS) is 1. The summed E-state index contributed by atoms with van der Waals surface area (Å²) >= 11 is 0. The molecule has 1 rings (SSSR count). The Hall–Kier alpha value is -1.65. The molecule has 0 radical (unpaired) electrons. The average Bonchev–Trinajstić information content (AvgIpc) is 2.57. The lowest BCUT2D eigenvalue weighted by atomic mass is 9.70. The number of rotatable bonds is 9. The van der Waals surface area contributed by atoms with Crippen LogP contribution in [0.3, 0.4) is 0 Å². The smallest absolute Gasteiger partial charge is 0.0687 e. The number of aliphatic hydroxyl groups excluding tert-OH is 2. The van der Waals surface area contributed by atoms with Crippen molar-refractivity contribution in [3.8, 4) is 0 Å². The molecule has 0 saturated heterocycles. The largest absolute Gasteiger partial charge is 0.549 e. The highest BCUT2D eigenvalue weighted by atomic mass is 16.4. The Kier molecular flexibility index (Phi) is 7.64. The van der Waals surface area contributed by atoms with Crippen LogP contribution in [-0.2, 0) is 16.6 Å². The molecule has 24 heavy (non-hydrogen) atoms. The van der Waals surface area contributed by atoms with Crippen molar-refractivity contribution in [3.63, 3.8) is 0 Å². The van der Waals surface area contributed by atoms with E-state index >= 15 is 0 Å². The molecule has 4 heteroatoms. The van der Waals surface area contributed by atoms with Gasteiger partial charge in [-0.05, 0) is 50.7 Å². The monoisotopic (exact) mass is 333 g/mol. The Morgan fingerprint density at radius 1 is 1.17 bits per heavy atom. The van der Waals surface area contributed by atoms with Gasteiger partial charge in [0, 0.05) is 0 Å². The molecule has 0 fully saturated rings. The minimum absolute atomic E-state index is 0.0614. The number of allylic oxidation sites excluding steroid dienone is 2. The fourth-order valence-corrected chi connectivity index (χ4v) is 2.91. The van der Waals surface area contributed by atoms with Gasteiger partial charge in [-0.2, -0.15) is 0 Å². The first-order chi connectivity index (χ1) is 11.3. The maximum atomic E-state index is 12.0. The van der Waals surface area contributed by atoms with E-state index in [0.717, 1.165) is 12.0 Å². The van der Waals surface area contributed by atoms with Crippen LogP contribution in [0.15, 0.2) is 35.9 Å². The van der Waals surface area contributed by atoms with Gasteiger partial charge < -0.3 is 20.1 Å². The number of benzene rings is 1. The maximum absolute atomic E-state index is 12.0. The number of carboxylic acids is 1. The van der Waals surface area contributed by atoms with Crippen LogP contribution in [0.4, 0.5) is 0 Å². The minimum Gasteiger partial charge on any atom is -0.549 e. The summed E-state index contributed by atoms with van der Waals surface area (Å²) in [6, 6.07) is 7.19.